The summed E-state index contributed by atoms with van der Waals surface area (Å²) in [5, 5.41) is 10.6. The Labute approximate surface area is 148 Å². The Kier molecular flexibility index (Phi) is 4.84. The third-order valence-electron chi connectivity index (χ3n) is 6.00. The molecule has 1 aliphatic carbocycles. The van der Waals surface area contributed by atoms with Crippen LogP contribution in [0.15, 0.2) is 18.2 Å². The highest BCUT2D eigenvalue weighted by Gasteiger charge is 2.32. The van der Waals surface area contributed by atoms with Crippen molar-refractivity contribution in [2.75, 3.05) is 19.9 Å². The van der Waals surface area contributed by atoms with Crippen molar-refractivity contribution in [3.8, 4) is 11.5 Å². The second-order valence-corrected chi connectivity index (χ2v) is 7.60. The predicted octanol–water partition coefficient (Wildman–Crippen LogP) is 3.06. The van der Waals surface area contributed by atoms with E-state index < -0.39 is 6.10 Å². The number of aliphatic hydroxyl groups excluding tert-OH is 1. The Hall–Kier alpha value is -1.75. The Morgan fingerprint density at radius 2 is 1.96 bits per heavy atom. The highest BCUT2D eigenvalue weighted by atomic mass is 16.7. The number of β-amino-alcohol motifs (C(OH)–C–C–N with tert-alkyl or cyclic N) is 1. The van der Waals surface area contributed by atoms with Crippen LogP contribution in [0.4, 0.5) is 0 Å². The van der Waals surface area contributed by atoms with Crippen LogP contribution in [0.1, 0.15) is 56.4 Å². The SMILES string of the molecule is O=C(CCC1CCCC1)N1CC[C@@H](c2ccc3c(c2)OCO3)[C@H](O)C1. The lowest BCUT2D eigenvalue weighted by Gasteiger charge is -2.36. The number of fused-ring (bicyclic) bond motifs is 1. The van der Waals surface area contributed by atoms with Gasteiger partial charge in [-0.1, -0.05) is 31.7 Å². The number of nitrogens with zero attached hydrogens (tertiary/aromatic N) is 1. The first kappa shape index (κ1) is 16.7. The zero-order valence-corrected chi connectivity index (χ0v) is 14.7. The lowest BCUT2D eigenvalue weighted by atomic mass is 9.86. The quantitative estimate of drug-likeness (QED) is 0.911. The number of likely N-dealkylation sites (tertiary alicyclic amines) is 1. The standard InChI is InChI=1S/C20H27NO4/c22-17-12-21(20(23)8-5-14-3-1-2-4-14)10-9-16(17)15-6-7-18-19(11-15)25-13-24-18/h6-7,11,14,16-17,22H,1-5,8-10,12-13H2/t16-,17+/m0/s1. The third-order valence-corrected chi connectivity index (χ3v) is 6.00. The molecule has 0 bridgehead atoms. The highest BCUT2D eigenvalue weighted by molar-refractivity contribution is 5.76. The lowest BCUT2D eigenvalue weighted by Crippen LogP contribution is -2.45. The minimum absolute atomic E-state index is 0.0494. The average molecular weight is 345 g/mol. The van der Waals surface area contributed by atoms with Crippen molar-refractivity contribution in [1.82, 2.24) is 4.90 Å². The van der Waals surface area contributed by atoms with Crippen LogP contribution in [0.2, 0.25) is 0 Å². The van der Waals surface area contributed by atoms with Crippen molar-refractivity contribution in [3.05, 3.63) is 23.8 Å². The molecule has 4 rings (SSSR count). The molecule has 0 radical (unpaired) electrons. The maximum atomic E-state index is 12.5. The van der Waals surface area contributed by atoms with Gasteiger partial charge < -0.3 is 19.5 Å². The fourth-order valence-corrected chi connectivity index (χ4v) is 4.48. The molecule has 5 nitrogen and oxygen atoms in total. The lowest BCUT2D eigenvalue weighted by molar-refractivity contribution is -0.135. The monoisotopic (exact) mass is 345 g/mol. The number of piperidine rings is 1. The number of carbonyl (C=O) groups is 1. The largest absolute Gasteiger partial charge is 0.454 e. The number of aliphatic hydroxyl groups is 1. The van der Waals surface area contributed by atoms with Gasteiger partial charge in [0.2, 0.25) is 12.7 Å². The fraction of sp³-hybridized carbons (Fsp3) is 0.650. The zero-order chi connectivity index (χ0) is 17.2. The molecule has 2 fully saturated rings. The molecule has 3 aliphatic rings. The van der Waals surface area contributed by atoms with Crippen molar-refractivity contribution >= 4 is 5.91 Å². The van der Waals surface area contributed by atoms with Gasteiger partial charge in [-0.05, 0) is 36.5 Å². The molecular weight excluding hydrogens is 318 g/mol. The summed E-state index contributed by atoms with van der Waals surface area (Å²) in [6.45, 7) is 1.41. The normalized spacial score (nSPS) is 26.2. The number of hydrogen-bond donors (Lipinski definition) is 1. The van der Waals surface area contributed by atoms with Crippen molar-refractivity contribution in [3.63, 3.8) is 0 Å². The van der Waals surface area contributed by atoms with Gasteiger partial charge in [-0.15, -0.1) is 0 Å². The first-order valence-corrected chi connectivity index (χ1v) is 9.56. The minimum atomic E-state index is -0.524. The first-order chi connectivity index (χ1) is 12.2. The molecule has 0 spiro atoms. The molecule has 5 heteroatoms. The highest BCUT2D eigenvalue weighted by Crippen LogP contribution is 2.37. The summed E-state index contributed by atoms with van der Waals surface area (Å²) in [4.78, 5) is 14.3. The van der Waals surface area contributed by atoms with Crippen LogP contribution >= 0.6 is 0 Å². The van der Waals surface area contributed by atoms with Crippen LogP contribution in [0.3, 0.4) is 0 Å². The van der Waals surface area contributed by atoms with Crippen LogP contribution in [-0.2, 0) is 4.79 Å². The van der Waals surface area contributed by atoms with Crippen molar-refractivity contribution < 1.29 is 19.4 Å². The molecule has 0 unspecified atom stereocenters. The number of amides is 1. The molecule has 1 saturated carbocycles. The van der Waals surface area contributed by atoms with Crippen LogP contribution in [0, 0.1) is 5.92 Å². The smallest absolute Gasteiger partial charge is 0.231 e. The topological polar surface area (TPSA) is 59.0 Å². The summed E-state index contributed by atoms with van der Waals surface area (Å²) in [6, 6.07) is 5.87. The maximum absolute atomic E-state index is 12.5. The van der Waals surface area contributed by atoms with Gasteiger partial charge in [0.1, 0.15) is 0 Å². The molecule has 1 saturated heterocycles. The van der Waals surface area contributed by atoms with Crippen LogP contribution in [0.5, 0.6) is 11.5 Å². The Morgan fingerprint density at radius 3 is 2.76 bits per heavy atom. The average Bonchev–Trinajstić information content (AvgIpc) is 3.30. The van der Waals surface area contributed by atoms with E-state index in [1.54, 1.807) is 0 Å². The fourth-order valence-electron chi connectivity index (χ4n) is 4.48. The van der Waals surface area contributed by atoms with E-state index in [2.05, 4.69) is 0 Å². The Bertz CT molecular complexity index is 626. The number of rotatable bonds is 4. The summed E-state index contributed by atoms with van der Waals surface area (Å²) >= 11 is 0. The summed E-state index contributed by atoms with van der Waals surface area (Å²) in [5.41, 5.74) is 1.06. The first-order valence-electron chi connectivity index (χ1n) is 9.56. The Balaban J connectivity index is 1.33. The molecule has 1 aromatic rings. The molecule has 25 heavy (non-hydrogen) atoms. The summed E-state index contributed by atoms with van der Waals surface area (Å²) in [7, 11) is 0. The summed E-state index contributed by atoms with van der Waals surface area (Å²) in [5.74, 6) is 2.50. The van der Waals surface area contributed by atoms with Crippen LogP contribution < -0.4 is 9.47 Å². The van der Waals surface area contributed by atoms with Gasteiger partial charge in [0.05, 0.1) is 6.10 Å². The van der Waals surface area contributed by atoms with E-state index in [9.17, 15) is 9.90 Å². The Morgan fingerprint density at radius 1 is 1.16 bits per heavy atom. The maximum Gasteiger partial charge on any atom is 0.231 e. The van der Waals surface area contributed by atoms with Gasteiger partial charge in [0.15, 0.2) is 11.5 Å². The van der Waals surface area contributed by atoms with Gasteiger partial charge in [0, 0.05) is 25.4 Å². The van der Waals surface area contributed by atoms with E-state index in [0.29, 0.717) is 13.0 Å². The minimum Gasteiger partial charge on any atom is -0.454 e. The van der Waals surface area contributed by atoms with E-state index >= 15 is 0 Å². The van der Waals surface area contributed by atoms with Crippen molar-refractivity contribution in [1.29, 1.82) is 0 Å². The molecule has 2 heterocycles. The molecule has 0 aromatic heterocycles. The number of carbonyl (C=O) groups excluding carboxylic acids is 1. The van der Waals surface area contributed by atoms with E-state index in [1.807, 2.05) is 23.1 Å². The molecule has 2 aliphatic heterocycles. The van der Waals surface area contributed by atoms with Gasteiger partial charge >= 0.3 is 0 Å². The second kappa shape index (κ2) is 7.24. The van der Waals surface area contributed by atoms with Crippen LogP contribution in [-0.4, -0.2) is 41.9 Å². The number of ether oxygens (including phenoxy) is 2. The van der Waals surface area contributed by atoms with Gasteiger partial charge in [-0.3, -0.25) is 4.79 Å². The van der Waals surface area contributed by atoms with Crippen molar-refractivity contribution in [2.24, 2.45) is 5.92 Å². The van der Waals surface area contributed by atoms with Gasteiger partial charge in [-0.2, -0.15) is 0 Å². The molecule has 136 valence electrons. The summed E-state index contributed by atoms with van der Waals surface area (Å²) < 4.78 is 10.8. The van der Waals surface area contributed by atoms with Gasteiger partial charge in [0.25, 0.3) is 0 Å². The number of benzene rings is 1. The van der Waals surface area contributed by atoms with Crippen LogP contribution in [0.25, 0.3) is 0 Å². The molecule has 1 aromatic carbocycles. The van der Waals surface area contributed by atoms with Crippen molar-refractivity contribution in [2.45, 2.75) is 57.0 Å². The third kappa shape index (κ3) is 3.61. The number of hydrogen-bond acceptors (Lipinski definition) is 4. The van der Waals surface area contributed by atoms with Gasteiger partial charge in [-0.25, -0.2) is 0 Å². The molecule has 2 atom stereocenters. The summed E-state index contributed by atoms with van der Waals surface area (Å²) in [6.07, 6.45) is 7.10. The van der Waals surface area contributed by atoms with E-state index in [0.717, 1.165) is 42.4 Å². The zero-order valence-electron chi connectivity index (χ0n) is 14.7. The molecule has 1 N–H and O–H groups in total. The predicted molar refractivity (Wildman–Crippen MR) is 93.7 cm³/mol. The van der Waals surface area contributed by atoms with E-state index in [1.165, 1.54) is 25.7 Å². The van der Waals surface area contributed by atoms with E-state index in [-0.39, 0.29) is 18.6 Å². The van der Waals surface area contributed by atoms with E-state index in [4.69, 9.17) is 9.47 Å². The molecule has 1 amide bonds. The molecular formula is C20H27NO4. The second-order valence-electron chi connectivity index (χ2n) is 7.60.